The van der Waals surface area contributed by atoms with Gasteiger partial charge in [0.2, 0.25) is 4.29 Å². The summed E-state index contributed by atoms with van der Waals surface area (Å²) in [6.45, 7) is 4.63. The molecule has 0 heterocycles. The summed E-state index contributed by atoms with van der Waals surface area (Å²) in [5.41, 5.74) is 4.05. The van der Waals surface area contributed by atoms with Crippen LogP contribution in [0.1, 0.15) is 25.0 Å². The molecule has 0 aliphatic rings. The summed E-state index contributed by atoms with van der Waals surface area (Å²) < 4.78 is 0.585. The molecule has 0 amide bonds. The second kappa shape index (κ2) is 7.60. The Balaban J connectivity index is 2.47. The average molecular weight is 406 g/mol. The van der Waals surface area contributed by atoms with Crippen molar-refractivity contribution < 1.29 is 0 Å². The summed E-state index contributed by atoms with van der Waals surface area (Å²) in [6.07, 6.45) is 3.56. The molecule has 0 aliphatic carbocycles. The first-order chi connectivity index (χ1) is 9.98. The Labute approximate surface area is 144 Å². The third-order valence-corrected chi connectivity index (χ3v) is 4.10. The van der Waals surface area contributed by atoms with Crippen LogP contribution in [0.4, 0.5) is 0 Å². The highest BCUT2D eigenvalue weighted by atomic mass is 127. The maximum atomic E-state index is 2.90. The zero-order valence-corrected chi connectivity index (χ0v) is 15.9. The van der Waals surface area contributed by atoms with Crippen molar-refractivity contribution in [2.45, 2.75) is 20.2 Å². The van der Waals surface area contributed by atoms with Crippen LogP contribution in [-0.4, -0.2) is 4.29 Å². The van der Waals surface area contributed by atoms with Gasteiger partial charge >= 0.3 is 0 Å². The fourth-order valence-electron chi connectivity index (χ4n) is 2.52. The number of benzene rings is 2. The summed E-state index contributed by atoms with van der Waals surface area (Å²) in [5.74, 6) is 0. The summed E-state index contributed by atoms with van der Waals surface area (Å²) >= 11 is 2.48. The second-order valence-electron chi connectivity index (χ2n) is 6.00. The molecule has 2 aromatic carbocycles. The molecule has 1 atom stereocenters. The van der Waals surface area contributed by atoms with Crippen LogP contribution in [0.5, 0.6) is 0 Å². The van der Waals surface area contributed by atoms with Crippen molar-refractivity contribution in [3.63, 3.8) is 0 Å². The first-order valence-electron chi connectivity index (χ1n) is 7.21. The van der Waals surface area contributed by atoms with Crippen molar-refractivity contribution in [1.82, 2.24) is 0 Å². The summed E-state index contributed by atoms with van der Waals surface area (Å²) in [7, 11) is 2.90. The van der Waals surface area contributed by atoms with Gasteiger partial charge in [-0.05, 0) is 22.1 Å². The largest absolute Gasteiger partial charge is 0.240 e. The molecule has 0 spiro atoms. The highest BCUT2D eigenvalue weighted by Crippen LogP contribution is 2.35. The quantitative estimate of drug-likeness (QED) is 0.328. The van der Waals surface area contributed by atoms with Gasteiger partial charge < -0.3 is 0 Å². The Kier molecular flexibility index (Phi) is 6.07. The molecule has 0 nitrogen and oxygen atoms in total. The van der Waals surface area contributed by atoms with Crippen LogP contribution in [0.25, 0.3) is 5.57 Å². The summed E-state index contributed by atoms with van der Waals surface area (Å²) in [4.78, 5) is 0. The van der Waals surface area contributed by atoms with E-state index in [-0.39, 0.29) is 5.41 Å². The van der Waals surface area contributed by atoms with E-state index in [0.717, 1.165) is 6.32 Å². The molecule has 0 radical (unpaired) electrons. The number of hydrogen-bond acceptors (Lipinski definition) is 0. The van der Waals surface area contributed by atoms with Crippen molar-refractivity contribution in [2.24, 2.45) is 5.41 Å². The lowest BCUT2D eigenvalue weighted by atomic mass is 9.76. The van der Waals surface area contributed by atoms with Crippen molar-refractivity contribution in [1.29, 1.82) is 0 Å². The molecule has 3 heteroatoms. The number of hydrogen-bond donors (Lipinski definition) is 0. The third-order valence-electron chi connectivity index (χ3n) is 3.43. The van der Waals surface area contributed by atoms with Crippen LogP contribution in [0, 0.1) is 5.41 Å². The normalized spacial score (nSPS) is 11.0. The van der Waals surface area contributed by atoms with Crippen LogP contribution >= 0.6 is 31.5 Å². The predicted octanol–water partition coefficient (Wildman–Crippen LogP) is 5.94. The van der Waals surface area contributed by atoms with Crippen LogP contribution in [-0.2, 0) is 0 Å². The molecule has 0 saturated heterocycles. The van der Waals surface area contributed by atoms with Crippen LogP contribution in [0.15, 0.2) is 66.7 Å². The van der Waals surface area contributed by atoms with E-state index in [2.05, 4.69) is 112 Å². The average Bonchev–Trinajstić information content (AvgIpc) is 2.45. The molecule has 0 aliphatic heterocycles. The standard InChI is InChI=1S/C18H21BIP/c1-18(2,14-19(20)21)13-17(15-9-5-3-6-10-15)16-11-7-4-8-12-16/h3-13H,14,21H2,1-2H3. The van der Waals surface area contributed by atoms with Gasteiger partial charge in [-0.15, -0.1) is 22.4 Å². The van der Waals surface area contributed by atoms with Gasteiger partial charge in [-0.25, -0.2) is 0 Å². The Morgan fingerprint density at radius 3 is 1.81 bits per heavy atom. The third kappa shape index (κ3) is 5.27. The highest BCUT2D eigenvalue weighted by molar-refractivity contribution is 14.1. The molecular weight excluding hydrogens is 385 g/mol. The molecule has 0 N–H and O–H groups in total. The van der Waals surface area contributed by atoms with Gasteiger partial charge in [0.25, 0.3) is 0 Å². The van der Waals surface area contributed by atoms with E-state index in [0.29, 0.717) is 4.29 Å². The van der Waals surface area contributed by atoms with E-state index < -0.39 is 0 Å². The van der Waals surface area contributed by atoms with E-state index in [1.165, 1.54) is 16.7 Å². The summed E-state index contributed by atoms with van der Waals surface area (Å²) in [5, 5.41) is 0. The van der Waals surface area contributed by atoms with Crippen molar-refractivity contribution in [3.05, 3.63) is 77.9 Å². The molecule has 2 aromatic rings. The SMILES string of the molecule is CC(C)(C=C(c1ccccc1)c1ccccc1)CB(P)I. The minimum Gasteiger partial charge on any atom is -0.159 e. The molecule has 108 valence electrons. The Morgan fingerprint density at radius 1 is 1.00 bits per heavy atom. The highest BCUT2D eigenvalue weighted by Gasteiger charge is 2.21. The number of rotatable bonds is 5. The van der Waals surface area contributed by atoms with Gasteiger partial charge in [-0.2, -0.15) is 9.12 Å². The summed E-state index contributed by atoms with van der Waals surface area (Å²) in [6, 6.07) is 21.3. The minimum absolute atomic E-state index is 0.161. The zero-order valence-electron chi connectivity index (χ0n) is 12.6. The van der Waals surface area contributed by atoms with Gasteiger partial charge in [0.1, 0.15) is 0 Å². The van der Waals surface area contributed by atoms with Gasteiger partial charge in [0.15, 0.2) is 0 Å². The van der Waals surface area contributed by atoms with E-state index in [1.54, 1.807) is 0 Å². The second-order valence-corrected chi connectivity index (χ2v) is 9.76. The maximum Gasteiger partial charge on any atom is 0.240 e. The topological polar surface area (TPSA) is 0 Å². The lowest BCUT2D eigenvalue weighted by molar-refractivity contribution is 0.544. The lowest BCUT2D eigenvalue weighted by Gasteiger charge is -2.23. The molecule has 1 unspecified atom stereocenters. The van der Waals surface area contributed by atoms with Gasteiger partial charge in [-0.1, -0.05) is 86.9 Å². The molecule has 2 rings (SSSR count). The van der Waals surface area contributed by atoms with Gasteiger partial charge in [0, 0.05) is 0 Å². The fourth-order valence-corrected chi connectivity index (χ4v) is 4.26. The molecule has 0 saturated carbocycles. The van der Waals surface area contributed by atoms with E-state index in [9.17, 15) is 0 Å². The smallest absolute Gasteiger partial charge is 0.159 e. The van der Waals surface area contributed by atoms with Crippen molar-refractivity contribution in [3.8, 4) is 0 Å². The lowest BCUT2D eigenvalue weighted by Crippen LogP contribution is -2.13. The minimum atomic E-state index is 0.161. The van der Waals surface area contributed by atoms with E-state index in [1.807, 2.05) is 0 Å². The van der Waals surface area contributed by atoms with Gasteiger partial charge in [0.05, 0.1) is 0 Å². The predicted molar refractivity (Wildman–Crippen MR) is 108 cm³/mol. The Bertz CT molecular complexity index is 550. The van der Waals surface area contributed by atoms with Crippen LogP contribution in [0.2, 0.25) is 6.32 Å². The van der Waals surface area contributed by atoms with Crippen LogP contribution < -0.4 is 0 Å². The van der Waals surface area contributed by atoms with Crippen molar-refractivity contribution in [2.75, 3.05) is 0 Å². The molecule has 0 aromatic heterocycles. The zero-order chi connectivity index (χ0) is 15.3. The molecular formula is C18H21BIP. The number of allylic oxidation sites excluding steroid dienone is 1. The Morgan fingerprint density at radius 2 is 1.43 bits per heavy atom. The van der Waals surface area contributed by atoms with E-state index in [4.69, 9.17) is 0 Å². The molecule has 0 bridgehead atoms. The van der Waals surface area contributed by atoms with E-state index >= 15 is 0 Å². The van der Waals surface area contributed by atoms with Gasteiger partial charge in [-0.3, -0.25) is 0 Å². The first-order valence-corrected chi connectivity index (χ1v) is 9.12. The van der Waals surface area contributed by atoms with Crippen molar-refractivity contribution >= 4 is 41.4 Å². The maximum absolute atomic E-state index is 2.90. The Hall–Kier alpha value is -0.595. The first kappa shape index (κ1) is 16.8. The fraction of sp³-hybridized carbons (Fsp3) is 0.222. The van der Waals surface area contributed by atoms with Crippen LogP contribution in [0.3, 0.4) is 0 Å². The molecule has 21 heavy (non-hydrogen) atoms. The number of halogens is 1. The monoisotopic (exact) mass is 406 g/mol. The molecule has 0 fully saturated rings.